The van der Waals surface area contributed by atoms with E-state index < -0.39 is 0 Å². The van der Waals surface area contributed by atoms with Crippen molar-refractivity contribution < 1.29 is 4.74 Å². The Morgan fingerprint density at radius 3 is 2.20 bits per heavy atom. The summed E-state index contributed by atoms with van der Waals surface area (Å²) in [6.07, 6.45) is 0. The van der Waals surface area contributed by atoms with Crippen LogP contribution in [-0.2, 0) is 4.74 Å². The number of thiocarbonyl (C=S) groups is 1. The molecule has 0 fully saturated rings. The van der Waals surface area contributed by atoms with Gasteiger partial charge in [0.05, 0.1) is 7.11 Å². The summed E-state index contributed by atoms with van der Waals surface area (Å²) in [6, 6.07) is 0. The van der Waals surface area contributed by atoms with Crippen molar-refractivity contribution in [1.29, 1.82) is 0 Å². The molecule has 0 radical (unpaired) electrons. The topological polar surface area (TPSA) is 9.23 Å². The quantitative estimate of drug-likeness (QED) is 0.333. The van der Waals surface area contributed by atoms with E-state index in [-0.39, 0.29) is 0 Å². The van der Waals surface area contributed by atoms with Crippen LogP contribution in [0.25, 0.3) is 0 Å². The van der Waals surface area contributed by atoms with Crippen LogP contribution in [-0.4, -0.2) is 10.2 Å². The van der Waals surface area contributed by atoms with Crippen molar-refractivity contribution in [2.24, 2.45) is 0 Å². The van der Waals surface area contributed by atoms with Gasteiger partial charge in [-0.25, -0.2) is 0 Å². The van der Waals surface area contributed by atoms with Crippen LogP contribution >= 0.6 is 34.8 Å². The van der Waals surface area contributed by atoms with Crippen LogP contribution in [0.2, 0.25) is 0 Å². The molecule has 0 unspecified atom stereocenters. The first kappa shape index (κ1) is 5.62. The van der Waals surface area contributed by atoms with Crippen LogP contribution in [0.4, 0.5) is 0 Å². The van der Waals surface area contributed by atoms with Gasteiger partial charge < -0.3 is 4.74 Å². The Balaban J connectivity index is 2.85. The first-order valence-corrected chi connectivity index (χ1v) is 2.49. The largest absolute Gasteiger partial charge is 0.482 e. The molecule has 0 aromatic carbocycles. The third-order valence-corrected chi connectivity index (χ3v) is 0.768. The zero-order valence-corrected chi connectivity index (χ0v) is 5.67. The van der Waals surface area contributed by atoms with Gasteiger partial charge in [-0.15, -0.1) is 0 Å². The van der Waals surface area contributed by atoms with E-state index in [1.54, 1.807) is 7.11 Å². The first-order valence-electron chi connectivity index (χ1n) is 1.01. The van der Waals surface area contributed by atoms with E-state index >= 15 is 0 Å². The second kappa shape index (κ2) is 2.84. The van der Waals surface area contributed by atoms with Crippen LogP contribution in [0.1, 0.15) is 0 Å². The standard InChI is InChI=1S/C2H3IOS/c1-4-2(3)5/h1H3. The van der Waals surface area contributed by atoms with Crippen LogP contribution in [0, 0.1) is 0 Å². The van der Waals surface area contributed by atoms with Crippen LogP contribution in [0.5, 0.6) is 0 Å². The zero-order valence-electron chi connectivity index (χ0n) is 2.69. The van der Waals surface area contributed by atoms with Crippen molar-refractivity contribution in [2.45, 2.75) is 0 Å². The smallest absolute Gasteiger partial charge is 0.222 e. The van der Waals surface area contributed by atoms with Crippen molar-refractivity contribution in [3.63, 3.8) is 0 Å². The van der Waals surface area contributed by atoms with Gasteiger partial charge in [0.2, 0.25) is 3.06 Å². The van der Waals surface area contributed by atoms with Gasteiger partial charge in [0.15, 0.2) is 0 Å². The molecule has 0 aromatic rings. The molecule has 3 heteroatoms. The molecule has 0 heterocycles. The molecule has 0 aliphatic rings. The van der Waals surface area contributed by atoms with Crippen molar-refractivity contribution in [3.05, 3.63) is 0 Å². The number of methoxy groups -OCH3 is 1. The molecule has 0 aliphatic carbocycles. The van der Waals surface area contributed by atoms with Gasteiger partial charge in [0.1, 0.15) is 0 Å². The lowest BCUT2D eigenvalue weighted by Gasteiger charge is -1.82. The Morgan fingerprint density at radius 1 is 2.00 bits per heavy atom. The van der Waals surface area contributed by atoms with Crippen molar-refractivity contribution in [2.75, 3.05) is 7.11 Å². The molecule has 0 saturated heterocycles. The minimum absolute atomic E-state index is 0.558. The van der Waals surface area contributed by atoms with E-state index in [1.807, 2.05) is 22.6 Å². The summed E-state index contributed by atoms with van der Waals surface area (Å²) in [6.45, 7) is 0. The van der Waals surface area contributed by atoms with Gasteiger partial charge in [-0.1, -0.05) is 0 Å². The number of ether oxygens (including phenoxy) is 1. The van der Waals surface area contributed by atoms with E-state index in [0.717, 1.165) is 0 Å². The van der Waals surface area contributed by atoms with Crippen molar-refractivity contribution in [3.8, 4) is 0 Å². The molecule has 0 aromatic heterocycles. The van der Waals surface area contributed by atoms with E-state index in [0.29, 0.717) is 3.06 Å². The van der Waals surface area contributed by atoms with E-state index in [9.17, 15) is 0 Å². The normalized spacial score (nSPS) is 6.80. The van der Waals surface area contributed by atoms with E-state index in [2.05, 4.69) is 17.0 Å². The van der Waals surface area contributed by atoms with Crippen LogP contribution in [0.15, 0.2) is 0 Å². The van der Waals surface area contributed by atoms with Gasteiger partial charge in [-0.05, 0) is 12.2 Å². The lowest BCUT2D eigenvalue weighted by Crippen LogP contribution is -1.78. The molecule has 30 valence electrons. The molecule has 0 amide bonds. The number of hydrogen-bond acceptors (Lipinski definition) is 2. The van der Waals surface area contributed by atoms with Gasteiger partial charge in [-0.3, -0.25) is 0 Å². The molecule has 0 N–H and O–H groups in total. The average molecular weight is 202 g/mol. The highest BCUT2D eigenvalue weighted by molar-refractivity contribution is 14.1. The summed E-state index contributed by atoms with van der Waals surface area (Å²) in [5, 5.41) is 0. The summed E-state index contributed by atoms with van der Waals surface area (Å²) < 4.78 is 5.03. The molecule has 0 bridgehead atoms. The number of rotatable bonds is 0. The SMILES string of the molecule is COC(=S)I. The highest BCUT2D eigenvalue weighted by Crippen LogP contribution is 1.86. The highest BCUT2D eigenvalue weighted by atomic mass is 127. The van der Waals surface area contributed by atoms with Gasteiger partial charge in [0.25, 0.3) is 0 Å². The number of hydrogen-bond donors (Lipinski definition) is 0. The van der Waals surface area contributed by atoms with Crippen molar-refractivity contribution in [1.82, 2.24) is 0 Å². The zero-order chi connectivity index (χ0) is 4.28. The summed E-state index contributed by atoms with van der Waals surface area (Å²) >= 11 is 6.38. The molecule has 0 spiro atoms. The van der Waals surface area contributed by atoms with E-state index in [1.165, 1.54) is 0 Å². The second-order valence-corrected chi connectivity index (χ2v) is 2.52. The summed E-state index contributed by atoms with van der Waals surface area (Å²) in [7, 11) is 1.55. The van der Waals surface area contributed by atoms with Crippen molar-refractivity contribution >= 4 is 37.9 Å². The Kier molecular flexibility index (Phi) is 3.19. The second-order valence-electron chi connectivity index (χ2n) is 0.442. The lowest BCUT2D eigenvalue weighted by atomic mass is 11.5. The molecular formula is C2H3IOS. The average Bonchev–Trinajstić information content (AvgIpc) is 1.38. The maximum atomic E-state index is 4.47. The molecular weight excluding hydrogens is 199 g/mol. The minimum atomic E-state index is 0.558. The van der Waals surface area contributed by atoms with E-state index in [4.69, 9.17) is 0 Å². The lowest BCUT2D eigenvalue weighted by molar-refractivity contribution is 0.429. The predicted molar refractivity (Wildman–Crippen MR) is 33.6 cm³/mol. The molecule has 0 rings (SSSR count). The van der Waals surface area contributed by atoms with Gasteiger partial charge in [0, 0.05) is 22.6 Å². The molecule has 5 heavy (non-hydrogen) atoms. The third kappa shape index (κ3) is 4.62. The summed E-state index contributed by atoms with van der Waals surface area (Å²) in [5.41, 5.74) is 0. The fraction of sp³-hybridized carbons (Fsp3) is 0.500. The van der Waals surface area contributed by atoms with Crippen LogP contribution in [0.3, 0.4) is 0 Å². The Morgan fingerprint density at radius 2 is 2.20 bits per heavy atom. The molecule has 0 atom stereocenters. The predicted octanol–water partition coefficient (Wildman–Crippen LogP) is 1.35. The third-order valence-electron chi connectivity index (χ3n) is 0.160. The maximum Gasteiger partial charge on any atom is 0.222 e. The van der Waals surface area contributed by atoms with Gasteiger partial charge in [-0.2, -0.15) is 0 Å². The fourth-order valence-corrected chi connectivity index (χ4v) is 0. The Labute approximate surface area is 49.8 Å². The minimum Gasteiger partial charge on any atom is -0.482 e. The highest BCUT2D eigenvalue weighted by Gasteiger charge is 1.72. The van der Waals surface area contributed by atoms with Gasteiger partial charge >= 0.3 is 0 Å². The first-order chi connectivity index (χ1) is 2.27. The summed E-state index contributed by atoms with van der Waals surface area (Å²) in [5.74, 6) is 0. The van der Waals surface area contributed by atoms with Crippen LogP contribution < -0.4 is 0 Å². The maximum absolute atomic E-state index is 4.47. The Bertz CT molecular complexity index is 44.9. The molecule has 0 saturated carbocycles. The fourth-order valence-electron chi connectivity index (χ4n) is 0. The number of halogens is 1. The monoisotopic (exact) mass is 202 g/mol. The summed E-state index contributed by atoms with van der Waals surface area (Å²) in [4.78, 5) is 0. The molecule has 0 aliphatic heterocycles. The molecule has 1 nitrogen and oxygen atoms in total. The Hall–Kier alpha value is 0.620.